The van der Waals surface area contributed by atoms with Crippen molar-refractivity contribution < 1.29 is 9.53 Å². The number of aryl methyl sites for hydroxylation is 3. The van der Waals surface area contributed by atoms with Crippen molar-refractivity contribution >= 4 is 23.4 Å². The number of thioether (sulfide) groups is 1. The fourth-order valence-corrected chi connectivity index (χ4v) is 4.34. The normalized spacial score (nSPS) is 16.5. The van der Waals surface area contributed by atoms with Crippen LogP contribution in [-0.4, -0.2) is 39.1 Å². The van der Waals surface area contributed by atoms with Crippen LogP contribution in [0.4, 0.5) is 5.69 Å². The first-order chi connectivity index (χ1) is 13.7. The zero-order valence-corrected chi connectivity index (χ0v) is 17.8. The number of nitrogens with zero attached hydrogens (tertiary/aromatic N) is 3. The van der Waals surface area contributed by atoms with Crippen molar-refractivity contribution in [1.82, 2.24) is 14.8 Å². The maximum atomic E-state index is 12.6. The summed E-state index contributed by atoms with van der Waals surface area (Å²) in [4.78, 5) is 12.6. The van der Waals surface area contributed by atoms with Gasteiger partial charge in [0.2, 0.25) is 5.91 Å². The SMILES string of the molecule is CCc1cccc(CC)c1NC(=O)CSc1nnc(CC)n1CC1CCCO1. The lowest BCUT2D eigenvalue weighted by molar-refractivity contribution is -0.113. The van der Waals surface area contributed by atoms with E-state index in [1.54, 1.807) is 0 Å². The number of hydrogen-bond acceptors (Lipinski definition) is 5. The predicted molar refractivity (Wildman–Crippen MR) is 113 cm³/mol. The van der Waals surface area contributed by atoms with Crippen molar-refractivity contribution in [3.05, 3.63) is 35.2 Å². The van der Waals surface area contributed by atoms with Crippen molar-refractivity contribution in [3.63, 3.8) is 0 Å². The molecule has 6 nitrogen and oxygen atoms in total. The van der Waals surface area contributed by atoms with Gasteiger partial charge >= 0.3 is 0 Å². The number of rotatable bonds is 9. The van der Waals surface area contributed by atoms with Gasteiger partial charge in [0.25, 0.3) is 0 Å². The summed E-state index contributed by atoms with van der Waals surface area (Å²) in [7, 11) is 0. The summed E-state index contributed by atoms with van der Waals surface area (Å²) in [5.41, 5.74) is 3.31. The Morgan fingerprint density at radius 2 is 1.96 bits per heavy atom. The molecule has 1 fully saturated rings. The largest absolute Gasteiger partial charge is 0.376 e. The van der Waals surface area contributed by atoms with E-state index in [4.69, 9.17) is 4.74 Å². The number of hydrogen-bond donors (Lipinski definition) is 1. The van der Waals surface area contributed by atoms with Gasteiger partial charge in [-0.2, -0.15) is 0 Å². The number of amides is 1. The van der Waals surface area contributed by atoms with E-state index in [9.17, 15) is 4.79 Å². The van der Waals surface area contributed by atoms with Gasteiger partial charge < -0.3 is 14.6 Å². The van der Waals surface area contributed by atoms with Crippen LogP contribution in [0, 0.1) is 0 Å². The minimum Gasteiger partial charge on any atom is -0.376 e. The molecule has 1 aliphatic heterocycles. The van der Waals surface area contributed by atoms with Gasteiger partial charge in [-0.3, -0.25) is 4.79 Å². The van der Waals surface area contributed by atoms with Gasteiger partial charge in [0, 0.05) is 18.7 Å². The Kier molecular flexibility index (Phi) is 7.50. The molecule has 7 heteroatoms. The van der Waals surface area contributed by atoms with Crippen LogP contribution in [0.3, 0.4) is 0 Å². The van der Waals surface area contributed by atoms with Gasteiger partial charge in [-0.1, -0.05) is 50.7 Å². The van der Waals surface area contributed by atoms with Crippen LogP contribution in [0.15, 0.2) is 23.4 Å². The summed E-state index contributed by atoms with van der Waals surface area (Å²) in [6.45, 7) is 7.89. The number of para-hydroxylation sites is 1. The summed E-state index contributed by atoms with van der Waals surface area (Å²) in [6.07, 6.45) is 5.00. The van der Waals surface area contributed by atoms with Crippen molar-refractivity contribution in [2.75, 3.05) is 17.7 Å². The molecule has 0 saturated carbocycles. The molecule has 152 valence electrons. The zero-order chi connectivity index (χ0) is 19.9. The highest BCUT2D eigenvalue weighted by molar-refractivity contribution is 7.99. The Balaban J connectivity index is 1.66. The van der Waals surface area contributed by atoms with E-state index in [1.807, 2.05) is 0 Å². The standard InChI is InChI=1S/C21H30N4O2S/c1-4-15-9-7-10-16(5-2)20(15)22-19(26)14-28-21-24-23-18(6-3)25(21)13-17-11-8-12-27-17/h7,9-10,17H,4-6,8,11-14H2,1-3H3,(H,22,26). The van der Waals surface area contributed by atoms with Crippen molar-refractivity contribution in [1.29, 1.82) is 0 Å². The average Bonchev–Trinajstić information content (AvgIpc) is 3.36. The molecule has 0 aliphatic carbocycles. The van der Waals surface area contributed by atoms with Crippen LogP contribution < -0.4 is 5.32 Å². The molecule has 0 bridgehead atoms. The fourth-order valence-electron chi connectivity index (χ4n) is 3.57. The third kappa shape index (κ3) is 4.94. The van der Waals surface area contributed by atoms with E-state index in [2.05, 4.69) is 59.1 Å². The molecule has 2 aromatic rings. The van der Waals surface area contributed by atoms with Crippen molar-refractivity contribution in [2.24, 2.45) is 0 Å². The Morgan fingerprint density at radius 1 is 1.21 bits per heavy atom. The van der Waals surface area contributed by atoms with Gasteiger partial charge in [-0.05, 0) is 36.8 Å². The molecular weight excluding hydrogens is 372 g/mol. The number of benzene rings is 1. The van der Waals surface area contributed by atoms with Crippen LogP contribution >= 0.6 is 11.8 Å². The number of aromatic nitrogens is 3. The molecule has 1 amide bonds. The molecule has 1 aliphatic rings. The van der Waals surface area contributed by atoms with E-state index in [1.165, 1.54) is 22.9 Å². The van der Waals surface area contributed by atoms with Gasteiger partial charge in [0.05, 0.1) is 18.4 Å². The number of ether oxygens (including phenoxy) is 1. The quantitative estimate of drug-likeness (QED) is 0.645. The maximum absolute atomic E-state index is 12.6. The summed E-state index contributed by atoms with van der Waals surface area (Å²) in [5, 5.41) is 12.5. The molecule has 3 rings (SSSR count). The Labute approximate surface area is 171 Å². The molecule has 1 unspecified atom stereocenters. The minimum absolute atomic E-state index is 0.00897. The highest BCUT2D eigenvalue weighted by Crippen LogP contribution is 2.25. The first kappa shape index (κ1) is 20.9. The second kappa shape index (κ2) is 10.1. The lowest BCUT2D eigenvalue weighted by Crippen LogP contribution is -2.19. The highest BCUT2D eigenvalue weighted by atomic mass is 32.2. The second-order valence-corrected chi connectivity index (χ2v) is 7.94. The molecule has 1 saturated heterocycles. The molecule has 1 N–H and O–H groups in total. The van der Waals surface area contributed by atoms with E-state index < -0.39 is 0 Å². The molecule has 2 heterocycles. The van der Waals surface area contributed by atoms with Gasteiger partial charge in [-0.15, -0.1) is 10.2 Å². The first-order valence-electron chi connectivity index (χ1n) is 10.2. The molecule has 0 radical (unpaired) electrons. The van der Waals surface area contributed by atoms with E-state index >= 15 is 0 Å². The Hall–Kier alpha value is -1.86. The molecule has 1 aromatic carbocycles. The summed E-state index contributed by atoms with van der Waals surface area (Å²) in [6, 6.07) is 6.21. The Morgan fingerprint density at radius 3 is 2.57 bits per heavy atom. The van der Waals surface area contributed by atoms with E-state index in [0.29, 0.717) is 5.75 Å². The van der Waals surface area contributed by atoms with Gasteiger partial charge in [0.1, 0.15) is 5.82 Å². The Bertz CT molecular complexity index is 777. The summed E-state index contributed by atoms with van der Waals surface area (Å²) in [5.74, 6) is 1.25. The lowest BCUT2D eigenvalue weighted by Gasteiger charge is -2.15. The topological polar surface area (TPSA) is 69.0 Å². The molecule has 0 spiro atoms. The number of carbonyl (C=O) groups is 1. The lowest BCUT2D eigenvalue weighted by atomic mass is 10.0. The minimum atomic E-state index is -0.00897. The maximum Gasteiger partial charge on any atom is 0.234 e. The van der Waals surface area contributed by atoms with Crippen LogP contribution in [0.25, 0.3) is 0 Å². The molecule has 28 heavy (non-hydrogen) atoms. The van der Waals surface area contributed by atoms with E-state index in [-0.39, 0.29) is 12.0 Å². The summed E-state index contributed by atoms with van der Waals surface area (Å²) >= 11 is 1.44. The van der Waals surface area contributed by atoms with Crippen LogP contribution in [0.2, 0.25) is 0 Å². The first-order valence-corrected chi connectivity index (χ1v) is 11.2. The number of anilines is 1. The van der Waals surface area contributed by atoms with Gasteiger partial charge in [-0.25, -0.2) is 0 Å². The predicted octanol–water partition coefficient (Wildman–Crippen LogP) is 3.88. The van der Waals surface area contributed by atoms with Crippen LogP contribution in [0.5, 0.6) is 0 Å². The molecule has 1 aromatic heterocycles. The highest BCUT2D eigenvalue weighted by Gasteiger charge is 2.21. The van der Waals surface area contributed by atoms with Crippen molar-refractivity contribution in [3.8, 4) is 0 Å². The van der Waals surface area contributed by atoms with Crippen LogP contribution in [0.1, 0.15) is 50.6 Å². The summed E-state index contributed by atoms with van der Waals surface area (Å²) < 4.78 is 7.89. The molecule has 1 atom stereocenters. The number of carbonyl (C=O) groups excluding carboxylic acids is 1. The monoisotopic (exact) mass is 402 g/mol. The second-order valence-electron chi connectivity index (χ2n) is 6.99. The smallest absolute Gasteiger partial charge is 0.234 e. The molecular formula is C21H30N4O2S. The fraction of sp³-hybridized carbons (Fsp3) is 0.571. The number of nitrogens with one attached hydrogen (secondary N) is 1. The van der Waals surface area contributed by atoms with Crippen molar-refractivity contribution in [2.45, 2.75) is 70.7 Å². The average molecular weight is 403 g/mol. The third-order valence-electron chi connectivity index (χ3n) is 5.12. The third-order valence-corrected chi connectivity index (χ3v) is 6.08. The zero-order valence-electron chi connectivity index (χ0n) is 17.0. The van der Waals surface area contributed by atoms with Gasteiger partial charge in [0.15, 0.2) is 5.16 Å². The van der Waals surface area contributed by atoms with Crippen LogP contribution in [-0.2, 0) is 35.3 Å². The van der Waals surface area contributed by atoms with E-state index in [0.717, 1.165) is 61.9 Å².